The van der Waals surface area contributed by atoms with E-state index in [0.29, 0.717) is 76.8 Å². The summed E-state index contributed by atoms with van der Waals surface area (Å²) in [4.78, 5) is 66.3. The van der Waals surface area contributed by atoms with Gasteiger partial charge in [0, 0.05) is 12.8 Å². The lowest BCUT2D eigenvalue weighted by atomic mass is 9.87. The van der Waals surface area contributed by atoms with Gasteiger partial charge in [-0.05, 0) is 51.6 Å². The normalized spacial score (nSPS) is 11.5. The molecule has 0 radical (unpaired) electrons. The van der Waals surface area contributed by atoms with Gasteiger partial charge in [0.05, 0.1) is 0 Å². The Balaban J connectivity index is 4.69. The molecule has 0 rings (SSSR count). The topological polar surface area (TPSA) is 126 Å². The highest BCUT2D eigenvalue weighted by molar-refractivity contribution is 5.91. The number of carbonyl (C=O) groups is 6. The summed E-state index contributed by atoms with van der Waals surface area (Å²) in [5.74, 6) is 0. The van der Waals surface area contributed by atoms with Crippen LogP contribution in [0.5, 0.6) is 0 Å². The van der Waals surface area contributed by atoms with Gasteiger partial charge in [0.2, 0.25) is 0 Å². The summed E-state index contributed by atoms with van der Waals surface area (Å²) >= 11 is 0. The number of hydrogen-bond acceptors (Lipinski definition) is 8. The molecular weight excluding hydrogens is 340 g/mol. The van der Waals surface area contributed by atoms with Crippen molar-refractivity contribution in [3.05, 3.63) is 0 Å². The molecular formula is C18H28N2O6. The van der Waals surface area contributed by atoms with Crippen LogP contribution in [0.25, 0.3) is 0 Å². The zero-order chi connectivity index (χ0) is 19.7. The van der Waals surface area contributed by atoms with Gasteiger partial charge in [0.15, 0.2) is 0 Å². The van der Waals surface area contributed by atoms with Crippen molar-refractivity contribution in [2.75, 3.05) is 13.1 Å². The van der Waals surface area contributed by atoms with Crippen molar-refractivity contribution in [2.45, 2.75) is 62.4 Å². The molecule has 0 saturated heterocycles. The number of rotatable bonds is 19. The molecule has 0 spiro atoms. The second kappa shape index (κ2) is 14.1. The second-order valence-electron chi connectivity index (χ2n) is 6.23. The summed E-state index contributed by atoms with van der Waals surface area (Å²) in [6, 6.07) is 0. The number of hydrogen-bond donors (Lipinski definition) is 2. The predicted octanol–water partition coefficient (Wildman–Crippen LogP) is -0.0426. The van der Waals surface area contributed by atoms with Crippen molar-refractivity contribution in [2.24, 2.45) is 0 Å². The van der Waals surface area contributed by atoms with E-state index in [0.717, 1.165) is 12.6 Å². The SMILES string of the molecule is O=CCCCCNC(C=O)(C=O)CCC(C=O)(C=O)NCCCCC=O. The van der Waals surface area contributed by atoms with Gasteiger partial charge >= 0.3 is 0 Å². The summed E-state index contributed by atoms with van der Waals surface area (Å²) in [5, 5.41) is 5.69. The third-order valence-electron chi connectivity index (χ3n) is 4.20. The van der Waals surface area contributed by atoms with E-state index in [9.17, 15) is 28.8 Å². The van der Waals surface area contributed by atoms with E-state index in [1.165, 1.54) is 0 Å². The van der Waals surface area contributed by atoms with Crippen LogP contribution in [-0.4, -0.2) is 61.9 Å². The summed E-state index contributed by atoms with van der Waals surface area (Å²) in [5.41, 5.74) is -2.95. The minimum Gasteiger partial charge on any atom is -0.303 e. The van der Waals surface area contributed by atoms with Crippen LogP contribution in [0.1, 0.15) is 51.4 Å². The van der Waals surface area contributed by atoms with Crippen molar-refractivity contribution in [1.82, 2.24) is 10.6 Å². The first-order chi connectivity index (χ1) is 12.6. The Bertz CT molecular complexity index is 409. The molecule has 0 saturated carbocycles. The average molecular weight is 368 g/mol. The lowest BCUT2D eigenvalue weighted by Crippen LogP contribution is -2.54. The van der Waals surface area contributed by atoms with Crippen molar-refractivity contribution in [3.63, 3.8) is 0 Å². The number of aldehydes is 6. The lowest BCUT2D eigenvalue weighted by molar-refractivity contribution is -0.127. The van der Waals surface area contributed by atoms with Crippen molar-refractivity contribution < 1.29 is 28.8 Å². The first-order valence-electron chi connectivity index (χ1n) is 8.80. The minimum absolute atomic E-state index is 0.0213. The molecule has 0 atom stereocenters. The van der Waals surface area contributed by atoms with Crippen LogP contribution < -0.4 is 10.6 Å². The van der Waals surface area contributed by atoms with Crippen LogP contribution in [0, 0.1) is 0 Å². The molecule has 0 fully saturated rings. The van der Waals surface area contributed by atoms with Gasteiger partial charge < -0.3 is 28.8 Å². The predicted molar refractivity (Wildman–Crippen MR) is 94.8 cm³/mol. The van der Waals surface area contributed by atoms with Gasteiger partial charge in [-0.15, -0.1) is 0 Å². The smallest absolute Gasteiger partial charge is 0.147 e. The fourth-order valence-corrected chi connectivity index (χ4v) is 2.40. The fraction of sp³-hybridized carbons (Fsp3) is 0.667. The molecule has 8 heteroatoms. The molecule has 0 aliphatic rings. The van der Waals surface area contributed by atoms with E-state index in [1.807, 2.05) is 0 Å². The molecule has 0 heterocycles. The maximum Gasteiger partial charge on any atom is 0.147 e. The summed E-state index contributed by atoms with van der Waals surface area (Å²) in [7, 11) is 0. The maximum atomic E-state index is 11.4. The minimum atomic E-state index is -1.47. The summed E-state index contributed by atoms with van der Waals surface area (Å²) in [6.07, 6.45) is 6.79. The van der Waals surface area contributed by atoms with E-state index in [2.05, 4.69) is 10.6 Å². The van der Waals surface area contributed by atoms with Gasteiger partial charge in [-0.3, -0.25) is 10.6 Å². The number of nitrogens with one attached hydrogen (secondary N) is 2. The highest BCUT2D eigenvalue weighted by Crippen LogP contribution is 2.16. The molecule has 0 aromatic rings. The van der Waals surface area contributed by atoms with E-state index in [1.54, 1.807) is 0 Å². The third kappa shape index (κ3) is 8.87. The van der Waals surface area contributed by atoms with Crippen molar-refractivity contribution >= 4 is 37.7 Å². The molecule has 26 heavy (non-hydrogen) atoms. The average Bonchev–Trinajstić information content (AvgIpc) is 2.68. The molecule has 146 valence electrons. The van der Waals surface area contributed by atoms with E-state index in [4.69, 9.17) is 0 Å². The van der Waals surface area contributed by atoms with Crippen LogP contribution >= 0.6 is 0 Å². The molecule has 0 aromatic heterocycles. The zero-order valence-electron chi connectivity index (χ0n) is 15.0. The van der Waals surface area contributed by atoms with Crippen LogP contribution in [0.3, 0.4) is 0 Å². The van der Waals surface area contributed by atoms with E-state index in [-0.39, 0.29) is 12.8 Å². The molecule has 0 aliphatic carbocycles. The quantitative estimate of drug-likeness (QED) is 0.185. The molecule has 0 amide bonds. The van der Waals surface area contributed by atoms with Gasteiger partial charge in [-0.2, -0.15) is 0 Å². The van der Waals surface area contributed by atoms with Gasteiger partial charge in [-0.25, -0.2) is 0 Å². The van der Waals surface area contributed by atoms with Gasteiger partial charge in [0.1, 0.15) is 48.8 Å². The maximum absolute atomic E-state index is 11.4. The van der Waals surface area contributed by atoms with Crippen molar-refractivity contribution in [1.29, 1.82) is 0 Å². The Hall–Kier alpha value is -2.06. The Labute approximate surface area is 153 Å². The highest BCUT2D eigenvalue weighted by atomic mass is 16.1. The molecule has 8 nitrogen and oxygen atoms in total. The van der Waals surface area contributed by atoms with Gasteiger partial charge in [-0.1, -0.05) is 0 Å². The third-order valence-corrected chi connectivity index (χ3v) is 4.20. The number of unbranched alkanes of at least 4 members (excludes halogenated alkanes) is 4. The Morgan fingerprint density at radius 3 is 1.15 bits per heavy atom. The number of carbonyl (C=O) groups excluding carboxylic acids is 6. The highest BCUT2D eigenvalue weighted by Gasteiger charge is 2.35. The molecule has 0 aliphatic heterocycles. The van der Waals surface area contributed by atoms with Crippen LogP contribution in [0.2, 0.25) is 0 Å². The zero-order valence-corrected chi connectivity index (χ0v) is 15.0. The molecule has 2 N–H and O–H groups in total. The first kappa shape index (κ1) is 23.9. The Kier molecular flexibility index (Phi) is 13.0. The second-order valence-corrected chi connectivity index (χ2v) is 6.23. The van der Waals surface area contributed by atoms with Crippen LogP contribution in [0.4, 0.5) is 0 Å². The van der Waals surface area contributed by atoms with Gasteiger partial charge in [0.25, 0.3) is 0 Å². The standard InChI is InChI=1S/C18H28N2O6/c21-11-5-1-3-9-19-17(13-23,14-24)7-8-18(15-25,16-26)20-10-4-2-6-12-22/h11-16,19-20H,1-10H2. The first-order valence-corrected chi connectivity index (χ1v) is 8.80. The van der Waals surface area contributed by atoms with Crippen LogP contribution in [0.15, 0.2) is 0 Å². The monoisotopic (exact) mass is 368 g/mol. The van der Waals surface area contributed by atoms with E-state index >= 15 is 0 Å². The summed E-state index contributed by atoms with van der Waals surface area (Å²) in [6.45, 7) is 0.721. The fourth-order valence-electron chi connectivity index (χ4n) is 2.40. The van der Waals surface area contributed by atoms with Crippen LogP contribution in [-0.2, 0) is 28.8 Å². The lowest BCUT2D eigenvalue weighted by Gasteiger charge is -2.29. The Morgan fingerprint density at radius 1 is 0.538 bits per heavy atom. The molecule has 0 unspecified atom stereocenters. The molecule has 0 aromatic carbocycles. The van der Waals surface area contributed by atoms with E-state index < -0.39 is 11.1 Å². The summed E-state index contributed by atoms with van der Waals surface area (Å²) < 4.78 is 0. The largest absolute Gasteiger partial charge is 0.303 e. The Morgan fingerprint density at radius 2 is 0.885 bits per heavy atom. The molecule has 0 bridgehead atoms. The van der Waals surface area contributed by atoms with Crippen molar-refractivity contribution in [3.8, 4) is 0 Å².